The van der Waals surface area contributed by atoms with E-state index in [0.717, 1.165) is 0 Å². The van der Waals surface area contributed by atoms with E-state index in [1.807, 2.05) is 5.32 Å². The van der Waals surface area contributed by atoms with Crippen molar-refractivity contribution < 1.29 is 34.5 Å². The summed E-state index contributed by atoms with van der Waals surface area (Å²) in [5.41, 5.74) is 16.0. The van der Waals surface area contributed by atoms with Crippen molar-refractivity contribution in [2.24, 2.45) is 22.2 Å². The summed E-state index contributed by atoms with van der Waals surface area (Å²) < 4.78 is 0. The first-order chi connectivity index (χ1) is 14.1. The van der Waals surface area contributed by atoms with Gasteiger partial charge in [-0.2, -0.15) is 12.6 Å². The Bertz CT molecular complexity index is 630. The number of aliphatic carboxylic acids is 1. The number of thiol groups is 1. The highest BCUT2D eigenvalue weighted by Gasteiger charge is 2.29. The number of nitrogens with zero attached hydrogens (tertiary/aromatic N) is 1. The molecule has 15 heteroatoms. The van der Waals surface area contributed by atoms with E-state index in [4.69, 9.17) is 27.4 Å². The molecule has 0 radical (unpaired) electrons. The third-order valence-electron chi connectivity index (χ3n) is 3.72. The number of aliphatic imine (C=N–C) groups is 1. The fraction of sp³-hybridized carbons (Fsp3) is 0.667. The minimum atomic E-state index is -1.62. The standard InChI is InChI=1S/C15H29N7O7S/c16-7(6-30)11(25)20-8(2-1-3-19-15(17)18)12(26)21-9(4-23)13(27)22-10(5-24)14(28)29/h7-10,23-24,30H,1-6,16H2,(H,20,25)(H,21,26)(H,22,27)(H,28,29)(H4,17,18,19). The van der Waals surface area contributed by atoms with Gasteiger partial charge in [0.25, 0.3) is 0 Å². The topological polar surface area (TPSA) is 255 Å². The lowest BCUT2D eigenvalue weighted by molar-refractivity contribution is -0.143. The fourth-order valence-electron chi connectivity index (χ4n) is 2.06. The molecule has 0 aliphatic carbocycles. The molecule has 0 aliphatic heterocycles. The number of nitrogens with two attached hydrogens (primary N) is 3. The van der Waals surface area contributed by atoms with Gasteiger partial charge in [-0.3, -0.25) is 19.4 Å². The Hall–Kier alpha value is -2.62. The molecule has 0 aromatic carbocycles. The van der Waals surface area contributed by atoms with Crippen LogP contribution >= 0.6 is 12.6 Å². The number of carbonyl (C=O) groups is 4. The second-order valence-electron chi connectivity index (χ2n) is 6.12. The first kappa shape index (κ1) is 27.4. The predicted octanol–water partition coefficient (Wildman–Crippen LogP) is -5.18. The molecule has 0 fully saturated rings. The monoisotopic (exact) mass is 451 g/mol. The van der Waals surface area contributed by atoms with Crippen LogP contribution in [0.15, 0.2) is 4.99 Å². The molecule has 0 aromatic heterocycles. The predicted molar refractivity (Wildman–Crippen MR) is 109 cm³/mol. The van der Waals surface area contributed by atoms with Crippen LogP contribution in [0.25, 0.3) is 0 Å². The lowest BCUT2D eigenvalue weighted by Crippen LogP contribution is -2.58. The minimum Gasteiger partial charge on any atom is -0.480 e. The highest BCUT2D eigenvalue weighted by Crippen LogP contribution is 2.01. The molecule has 0 aliphatic rings. The van der Waals surface area contributed by atoms with E-state index in [0.29, 0.717) is 0 Å². The number of aliphatic hydroxyl groups excluding tert-OH is 2. The summed E-state index contributed by atoms with van der Waals surface area (Å²) in [7, 11) is 0. The summed E-state index contributed by atoms with van der Waals surface area (Å²) in [4.78, 5) is 51.3. The molecular weight excluding hydrogens is 422 g/mol. The molecule has 0 bridgehead atoms. The maximum Gasteiger partial charge on any atom is 0.328 e. The third kappa shape index (κ3) is 10.2. The van der Waals surface area contributed by atoms with Gasteiger partial charge in [0.1, 0.15) is 18.1 Å². The van der Waals surface area contributed by atoms with E-state index < -0.39 is 61.1 Å². The maximum absolute atomic E-state index is 12.6. The molecule has 12 N–H and O–H groups in total. The summed E-state index contributed by atoms with van der Waals surface area (Å²) >= 11 is 3.91. The summed E-state index contributed by atoms with van der Waals surface area (Å²) in [5, 5.41) is 33.8. The molecular formula is C15H29N7O7S. The van der Waals surface area contributed by atoms with Crippen LogP contribution in [-0.4, -0.2) is 94.6 Å². The molecule has 0 spiro atoms. The number of rotatable bonds is 14. The summed E-state index contributed by atoms with van der Waals surface area (Å²) in [5.74, 6) is -4.16. The maximum atomic E-state index is 12.6. The summed E-state index contributed by atoms with van der Waals surface area (Å²) in [6.07, 6.45) is 0.357. The van der Waals surface area contributed by atoms with Crippen molar-refractivity contribution >= 4 is 42.3 Å². The van der Waals surface area contributed by atoms with Crippen LogP contribution in [0, 0.1) is 0 Å². The Kier molecular flexibility index (Phi) is 13.1. The Morgan fingerprint density at radius 1 is 0.900 bits per heavy atom. The van der Waals surface area contributed by atoms with Gasteiger partial charge in [0.05, 0.1) is 19.3 Å². The first-order valence-electron chi connectivity index (χ1n) is 8.84. The molecule has 3 amide bonds. The Morgan fingerprint density at radius 3 is 1.87 bits per heavy atom. The van der Waals surface area contributed by atoms with Crippen molar-refractivity contribution in [1.82, 2.24) is 16.0 Å². The Balaban J connectivity index is 5.18. The van der Waals surface area contributed by atoms with Crippen LogP contribution in [0.2, 0.25) is 0 Å². The van der Waals surface area contributed by atoms with E-state index in [2.05, 4.69) is 28.3 Å². The third-order valence-corrected chi connectivity index (χ3v) is 4.12. The highest BCUT2D eigenvalue weighted by atomic mass is 32.1. The van der Waals surface area contributed by atoms with Gasteiger partial charge in [0, 0.05) is 12.3 Å². The number of aliphatic hydroxyl groups is 2. The van der Waals surface area contributed by atoms with Gasteiger partial charge in [-0.15, -0.1) is 0 Å². The molecule has 0 heterocycles. The summed E-state index contributed by atoms with van der Waals surface area (Å²) in [6.45, 7) is -1.58. The van der Waals surface area contributed by atoms with Crippen LogP contribution in [0.5, 0.6) is 0 Å². The van der Waals surface area contributed by atoms with Gasteiger partial charge in [0.2, 0.25) is 17.7 Å². The van der Waals surface area contributed by atoms with Crippen LogP contribution < -0.4 is 33.2 Å². The van der Waals surface area contributed by atoms with Gasteiger partial charge in [0.15, 0.2) is 5.96 Å². The number of hydrogen-bond acceptors (Lipinski definition) is 9. The molecule has 14 nitrogen and oxygen atoms in total. The van der Waals surface area contributed by atoms with E-state index in [1.54, 1.807) is 0 Å². The molecule has 0 saturated carbocycles. The van der Waals surface area contributed by atoms with E-state index in [1.165, 1.54) is 0 Å². The van der Waals surface area contributed by atoms with Crippen molar-refractivity contribution in [1.29, 1.82) is 0 Å². The molecule has 4 atom stereocenters. The van der Waals surface area contributed by atoms with Crippen molar-refractivity contribution in [2.75, 3.05) is 25.5 Å². The SMILES string of the molecule is NC(N)=NCCCC(NC(=O)C(N)CS)C(=O)NC(CO)C(=O)NC(CO)C(=O)O. The number of guanidine groups is 1. The molecule has 30 heavy (non-hydrogen) atoms. The van der Waals surface area contributed by atoms with E-state index in [9.17, 15) is 24.3 Å². The van der Waals surface area contributed by atoms with Crippen LogP contribution in [0.4, 0.5) is 0 Å². The Labute approximate surface area is 178 Å². The minimum absolute atomic E-state index is 0.0214. The van der Waals surface area contributed by atoms with Crippen molar-refractivity contribution in [3.63, 3.8) is 0 Å². The fourth-order valence-corrected chi connectivity index (χ4v) is 2.22. The number of amides is 3. The average molecular weight is 452 g/mol. The largest absolute Gasteiger partial charge is 0.480 e. The zero-order chi connectivity index (χ0) is 23.3. The number of nitrogens with one attached hydrogen (secondary N) is 3. The average Bonchev–Trinajstić information content (AvgIpc) is 2.70. The number of carboxylic acids is 1. The van der Waals surface area contributed by atoms with Gasteiger partial charge < -0.3 is 48.5 Å². The smallest absolute Gasteiger partial charge is 0.328 e. The Morgan fingerprint density at radius 2 is 1.40 bits per heavy atom. The van der Waals surface area contributed by atoms with Crippen molar-refractivity contribution in [3.8, 4) is 0 Å². The quantitative estimate of drug-likeness (QED) is 0.0519. The van der Waals surface area contributed by atoms with Crippen LogP contribution in [0.1, 0.15) is 12.8 Å². The van der Waals surface area contributed by atoms with E-state index in [-0.39, 0.29) is 31.1 Å². The summed E-state index contributed by atoms with van der Waals surface area (Å²) in [6, 6.07) is -5.28. The normalized spacial score (nSPS) is 14.5. The van der Waals surface area contributed by atoms with Gasteiger partial charge in [-0.25, -0.2) is 4.79 Å². The number of hydrogen-bond donors (Lipinski definition) is 10. The van der Waals surface area contributed by atoms with Crippen LogP contribution in [-0.2, 0) is 19.2 Å². The molecule has 172 valence electrons. The lowest BCUT2D eigenvalue weighted by Gasteiger charge is -2.23. The van der Waals surface area contributed by atoms with Gasteiger partial charge in [-0.1, -0.05) is 0 Å². The molecule has 0 saturated heterocycles. The first-order valence-corrected chi connectivity index (χ1v) is 9.48. The van der Waals surface area contributed by atoms with E-state index >= 15 is 0 Å². The van der Waals surface area contributed by atoms with Crippen molar-refractivity contribution in [3.05, 3.63) is 0 Å². The molecule has 4 unspecified atom stereocenters. The van der Waals surface area contributed by atoms with Crippen LogP contribution in [0.3, 0.4) is 0 Å². The second-order valence-corrected chi connectivity index (χ2v) is 6.49. The molecule has 0 aromatic rings. The zero-order valence-corrected chi connectivity index (χ0v) is 17.0. The number of carbonyl (C=O) groups excluding carboxylic acids is 3. The zero-order valence-electron chi connectivity index (χ0n) is 16.2. The van der Waals surface area contributed by atoms with Gasteiger partial charge >= 0.3 is 5.97 Å². The highest BCUT2D eigenvalue weighted by molar-refractivity contribution is 7.80. The van der Waals surface area contributed by atoms with Gasteiger partial charge in [-0.05, 0) is 12.8 Å². The lowest BCUT2D eigenvalue weighted by atomic mass is 10.1. The molecule has 0 rings (SSSR count). The second kappa shape index (κ2) is 14.4. The number of carboxylic acid groups (broad SMARTS) is 1. The van der Waals surface area contributed by atoms with Crippen molar-refractivity contribution in [2.45, 2.75) is 37.0 Å².